The van der Waals surface area contributed by atoms with Crippen LogP contribution >= 0.6 is 11.8 Å². The lowest BCUT2D eigenvalue weighted by Gasteiger charge is -2.14. The van der Waals surface area contributed by atoms with Crippen molar-refractivity contribution in [2.45, 2.75) is 24.4 Å². The topological polar surface area (TPSA) is 12.0 Å². The van der Waals surface area contributed by atoms with Crippen LogP contribution in [-0.2, 0) is 6.42 Å². The molecule has 1 nitrogen and oxygen atoms in total. The molecule has 1 N–H and O–H groups in total. The maximum Gasteiger partial charge on any atom is 0.441 e. The third-order valence-corrected chi connectivity index (χ3v) is 3.71. The smallest absolute Gasteiger partial charge is 0.309 e. The molecule has 0 radical (unpaired) electrons. The molecule has 0 amide bonds. The van der Waals surface area contributed by atoms with Gasteiger partial charge in [0.1, 0.15) is 5.82 Å². The fourth-order valence-electron chi connectivity index (χ4n) is 2.22. The zero-order chi connectivity index (χ0) is 13.2. The van der Waals surface area contributed by atoms with Crippen molar-refractivity contribution in [3.8, 4) is 0 Å². The number of rotatable bonds is 4. The molecule has 1 aliphatic carbocycles. The summed E-state index contributed by atoms with van der Waals surface area (Å²) in [6.07, 6.45) is 1.39. The van der Waals surface area contributed by atoms with E-state index in [9.17, 15) is 17.6 Å². The van der Waals surface area contributed by atoms with E-state index in [-0.39, 0.29) is 35.9 Å². The molecule has 1 aliphatic rings. The normalized spacial score (nSPS) is 19.0. The fourth-order valence-corrected chi connectivity index (χ4v) is 2.67. The second-order valence-corrected chi connectivity index (χ2v) is 5.31. The molecular weight excluding hydrogens is 266 g/mol. The number of halogens is 4. The lowest BCUT2D eigenvalue weighted by molar-refractivity contribution is -0.0327. The number of nitrogens with one attached hydrogen (secondary N) is 1. The van der Waals surface area contributed by atoms with Gasteiger partial charge in [-0.2, -0.15) is 13.2 Å². The van der Waals surface area contributed by atoms with Crippen LogP contribution < -0.4 is 5.32 Å². The van der Waals surface area contributed by atoms with Crippen LogP contribution in [0.15, 0.2) is 18.2 Å². The third-order valence-electron chi connectivity index (χ3n) is 2.97. The van der Waals surface area contributed by atoms with Gasteiger partial charge in [0.05, 0.1) is 0 Å². The predicted molar refractivity (Wildman–Crippen MR) is 64.0 cm³/mol. The predicted octanol–water partition coefficient (Wildman–Crippen LogP) is 3.66. The van der Waals surface area contributed by atoms with Crippen molar-refractivity contribution in [1.82, 2.24) is 5.32 Å². The van der Waals surface area contributed by atoms with Crippen LogP contribution in [0.25, 0.3) is 0 Å². The summed E-state index contributed by atoms with van der Waals surface area (Å²) in [5.41, 5.74) is -2.60. The number of fused-ring (bicyclic) bond motifs is 1. The van der Waals surface area contributed by atoms with E-state index in [0.717, 1.165) is 12.0 Å². The van der Waals surface area contributed by atoms with Crippen LogP contribution in [0, 0.1) is 5.82 Å². The van der Waals surface area contributed by atoms with Crippen molar-refractivity contribution in [2.75, 3.05) is 12.3 Å². The highest BCUT2D eigenvalue weighted by atomic mass is 32.2. The number of alkyl halides is 3. The molecular formula is C12H13F4NS. The molecule has 1 aromatic rings. The average molecular weight is 279 g/mol. The number of benzene rings is 1. The molecule has 0 spiro atoms. The Labute approximate surface area is 107 Å². The van der Waals surface area contributed by atoms with E-state index in [2.05, 4.69) is 5.32 Å². The molecule has 1 aromatic carbocycles. The Morgan fingerprint density at radius 1 is 1.33 bits per heavy atom. The second-order valence-electron chi connectivity index (χ2n) is 4.15. The lowest BCUT2D eigenvalue weighted by atomic mass is 10.1. The maximum absolute atomic E-state index is 13.4. The Kier molecular flexibility index (Phi) is 4.17. The highest BCUT2D eigenvalue weighted by Crippen LogP contribution is 2.33. The molecule has 1 atom stereocenters. The molecule has 6 heteroatoms. The lowest BCUT2D eigenvalue weighted by Crippen LogP contribution is -2.23. The second kappa shape index (κ2) is 5.48. The van der Waals surface area contributed by atoms with Gasteiger partial charge < -0.3 is 5.32 Å². The molecule has 0 saturated carbocycles. The molecule has 0 aliphatic heterocycles. The molecule has 1 unspecified atom stereocenters. The highest BCUT2D eigenvalue weighted by Gasteiger charge is 2.28. The first-order chi connectivity index (χ1) is 8.47. The van der Waals surface area contributed by atoms with Gasteiger partial charge in [-0.25, -0.2) is 4.39 Å². The van der Waals surface area contributed by atoms with E-state index in [1.807, 2.05) is 6.07 Å². The van der Waals surface area contributed by atoms with Gasteiger partial charge in [-0.05, 0) is 41.8 Å². The third kappa shape index (κ3) is 3.38. The summed E-state index contributed by atoms with van der Waals surface area (Å²) in [5, 5.41) is 3.05. The van der Waals surface area contributed by atoms with Gasteiger partial charge in [0.2, 0.25) is 0 Å². The van der Waals surface area contributed by atoms with Gasteiger partial charge in [-0.15, -0.1) is 0 Å². The van der Waals surface area contributed by atoms with Crippen LogP contribution in [-0.4, -0.2) is 17.8 Å². The minimum atomic E-state index is -4.18. The molecule has 0 heterocycles. The Bertz CT molecular complexity index is 419. The van der Waals surface area contributed by atoms with E-state index in [1.165, 1.54) is 6.07 Å². The van der Waals surface area contributed by atoms with Crippen LogP contribution in [0.4, 0.5) is 17.6 Å². The van der Waals surface area contributed by atoms with E-state index in [1.54, 1.807) is 6.07 Å². The summed E-state index contributed by atoms with van der Waals surface area (Å²) in [6, 6.07) is 4.86. The summed E-state index contributed by atoms with van der Waals surface area (Å²) in [4.78, 5) is 0. The number of hydrogen-bond acceptors (Lipinski definition) is 2. The SMILES string of the molecule is Fc1cccc2c1CCC2NCCSC(F)(F)F. The van der Waals surface area contributed by atoms with Gasteiger partial charge >= 0.3 is 5.51 Å². The Hall–Kier alpha value is -0.750. The van der Waals surface area contributed by atoms with Crippen molar-refractivity contribution in [3.05, 3.63) is 35.1 Å². The average Bonchev–Trinajstić information content (AvgIpc) is 2.68. The Morgan fingerprint density at radius 3 is 2.83 bits per heavy atom. The molecule has 100 valence electrons. The van der Waals surface area contributed by atoms with Crippen molar-refractivity contribution in [1.29, 1.82) is 0 Å². The Balaban J connectivity index is 1.85. The number of thioether (sulfide) groups is 1. The van der Waals surface area contributed by atoms with Crippen LogP contribution in [0.3, 0.4) is 0 Å². The monoisotopic (exact) mass is 279 g/mol. The minimum absolute atomic E-state index is 0.0232. The molecule has 2 rings (SSSR count). The quantitative estimate of drug-likeness (QED) is 0.667. The van der Waals surface area contributed by atoms with Gasteiger partial charge in [0, 0.05) is 18.3 Å². The first kappa shape index (κ1) is 13.7. The standard InChI is InChI=1S/C12H13F4NS/c13-10-3-1-2-9-8(10)4-5-11(9)17-6-7-18-12(14,15)16/h1-3,11,17H,4-7H2. The zero-order valence-corrected chi connectivity index (χ0v) is 10.4. The summed E-state index contributed by atoms with van der Waals surface area (Å²) in [5.74, 6) is -0.244. The van der Waals surface area contributed by atoms with Gasteiger partial charge in [0.25, 0.3) is 0 Å². The van der Waals surface area contributed by atoms with Crippen molar-refractivity contribution in [3.63, 3.8) is 0 Å². The molecule has 0 fully saturated rings. The number of hydrogen-bond donors (Lipinski definition) is 1. The zero-order valence-electron chi connectivity index (χ0n) is 9.56. The van der Waals surface area contributed by atoms with E-state index >= 15 is 0 Å². The maximum atomic E-state index is 13.4. The summed E-state index contributed by atoms with van der Waals surface area (Å²) in [6.45, 7) is 0.269. The first-order valence-corrected chi connectivity index (χ1v) is 6.67. The van der Waals surface area contributed by atoms with Gasteiger partial charge in [0.15, 0.2) is 0 Å². The van der Waals surface area contributed by atoms with E-state index in [4.69, 9.17) is 0 Å². The van der Waals surface area contributed by atoms with Crippen molar-refractivity contribution >= 4 is 11.8 Å². The molecule has 0 aromatic heterocycles. The van der Waals surface area contributed by atoms with E-state index < -0.39 is 5.51 Å². The highest BCUT2D eigenvalue weighted by molar-refractivity contribution is 8.00. The molecule has 0 saturated heterocycles. The first-order valence-electron chi connectivity index (χ1n) is 5.69. The van der Waals surface area contributed by atoms with Crippen LogP contribution in [0.2, 0.25) is 0 Å². The minimum Gasteiger partial charge on any atom is -0.309 e. The van der Waals surface area contributed by atoms with Crippen LogP contribution in [0.5, 0.6) is 0 Å². The fraction of sp³-hybridized carbons (Fsp3) is 0.500. The largest absolute Gasteiger partial charge is 0.441 e. The van der Waals surface area contributed by atoms with Crippen molar-refractivity contribution < 1.29 is 17.6 Å². The van der Waals surface area contributed by atoms with Crippen molar-refractivity contribution in [2.24, 2.45) is 0 Å². The van der Waals surface area contributed by atoms with Gasteiger partial charge in [-0.1, -0.05) is 12.1 Å². The molecule has 0 bridgehead atoms. The summed E-state index contributed by atoms with van der Waals surface area (Å²) >= 11 is -0.0352. The summed E-state index contributed by atoms with van der Waals surface area (Å²) < 4.78 is 49.2. The van der Waals surface area contributed by atoms with Crippen LogP contribution in [0.1, 0.15) is 23.6 Å². The molecule has 18 heavy (non-hydrogen) atoms. The Morgan fingerprint density at radius 2 is 2.11 bits per heavy atom. The van der Waals surface area contributed by atoms with Gasteiger partial charge in [-0.3, -0.25) is 0 Å². The summed E-state index contributed by atoms with van der Waals surface area (Å²) in [7, 11) is 0. The van der Waals surface area contributed by atoms with E-state index in [0.29, 0.717) is 12.0 Å².